The smallest absolute Gasteiger partial charge is 0.220 e. The molecule has 86 valence electrons. The third-order valence-electron chi connectivity index (χ3n) is 3.98. The molecule has 0 saturated heterocycles. The first kappa shape index (κ1) is 10.9. The predicted molar refractivity (Wildman–Crippen MR) is 60.3 cm³/mol. The summed E-state index contributed by atoms with van der Waals surface area (Å²) in [6, 6.07) is 0.263. The molecule has 2 aliphatic carbocycles. The Bertz CT molecular complexity index is 226. The minimum absolute atomic E-state index is 0.212. The van der Waals surface area contributed by atoms with Crippen molar-refractivity contribution in [1.82, 2.24) is 5.32 Å². The zero-order valence-electron chi connectivity index (χ0n) is 9.37. The van der Waals surface area contributed by atoms with Crippen LogP contribution in [0, 0.1) is 11.8 Å². The van der Waals surface area contributed by atoms with Crippen molar-refractivity contribution < 1.29 is 4.79 Å². The lowest BCUT2D eigenvalue weighted by atomic mass is 9.85. The summed E-state index contributed by atoms with van der Waals surface area (Å²) in [6.07, 6.45) is 8.01. The highest BCUT2D eigenvalue weighted by molar-refractivity contribution is 5.76. The summed E-state index contributed by atoms with van der Waals surface area (Å²) < 4.78 is 0. The Labute approximate surface area is 91.8 Å². The first-order valence-corrected chi connectivity index (χ1v) is 6.28. The molecule has 0 aromatic carbocycles. The number of rotatable bonds is 4. The maximum Gasteiger partial charge on any atom is 0.220 e. The molecule has 3 nitrogen and oxygen atoms in total. The summed E-state index contributed by atoms with van der Waals surface area (Å²) in [5.74, 6) is 1.40. The largest absolute Gasteiger partial charge is 0.356 e. The molecule has 0 bridgehead atoms. The standard InChI is InChI=1S/C12H22N2O/c13-11-6-2-5-10(11)7-12(15)14-8-9-3-1-4-9/h9-11H,1-8,13H2,(H,14,15)/t10-,11+/m0/s1. The second-order valence-corrected chi connectivity index (χ2v) is 5.16. The zero-order chi connectivity index (χ0) is 10.7. The number of carbonyl (C=O) groups is 1. The van der Waals surface area contributed by atoms with Crippen LogP contribution in [-0.2, 0) is 4.79 Å². The number of hydrogen-bond donors (Lipinski definition) is 2. The molecule has 0 spiro atoms. The second-order valence-electron chi connectivity index (χ2n) is 5.16. The Kier molecular flexibility index (Phi) is 3.62. The molecule has 0 aliphatic heterocycles. The molecule has 2 aliphatic rings. The van der Waals surface area contributed by atoms with Gasteiger partial charge in [0.05, 0.1) is 0 Å². The van der Waals surface area contributed by atoms with Crippen LogP contribution in [0.3, 0.4) is 0 Å². The van der Waals surface area contributed by atoms with Crippen molar-refractivity contribution >= 4 is 5.91 Å². The molecule has 1 amide bonds. The third-order valence-corrected chi connectivity index (χ3v) is 3.98. The van der Waals surface area contributed by atoms with E-state index in [-0.39, 0.29) is 11.9 Å². The summed E-state index contributed by atoms with van der Waals surface area (Å²) in [4.78, 5) is 11.6. The van der Waals surface area contributed by atoms with Crippen LogP contribution in [-0.4, -0.2) is 18.5 Å². The topological polar surface area (TPSA) is 55.1 Å². The average Bonchev–Trinajstić information content (AvgIpc) is 2.49. The Morgan fingerprint density at radius 3 is 2.47 bits per heavy atom. The van der Waals surface area contributed by atoms with E-state index >= 15 is 0 Å². The van der Waals surface area contributed by atoms with Crippen molar-refractivity contribution in [2.45, 2.75) is 51.0 Å². The van der Waals surface area contributed by atoms with Gasteiger partial charge in [0.25, 0.3) is 0 Å². The van der Waals surface area contributed by atoms with E-state index < -0.39 is 0 Å². The van der Waals surface area contributed by atoms with E-state index in [0.717, 1.165) is 25.3 Å². The number of nitrogens with one attached hydrogen (secondary N) is 1. The van der Waals surface area contributed by atoms with Crippen LogP contribution in [0.5, 0.6) is 0 Å². The van der Waals surface area contributed by atoms with Crippen LogP contribution in [0.25, 0.3) is 0 Å². The molecule has 2 rings (SSSR count). The van der Waals surface area contributed by atoms with E-state index in [0.29, 0.717) is 12.3 Å². The van der Waals surface area contributed by atoms with Gasteiger partial charge < -0.3 is 11.1 Å². The van der Waals surface area contributed by atoms with Crippen molar-refractivity contribution in [3.8, 4) is 0 Å². The van der Waals surface area contributed by atoms with Gasteiger partial charge in [-0.3, -0.25) is 4.79 Å². The van der Waals surface area contributed by atoms with E-state index in [1.165, 1.54) is 25.7 Å². The summed E-state index contributed by atoms with van der Waals surface area (Å²) in [5, 5.41) is 3.04. The molecule has 2 atom stereocenters. The van der Waals surface area contributed by atoms with Crippen LogP contribution in [0.1, 0.15) is 44.9 Å². The minimum atomic E-state index is 0.212. The van der Waals surface area contributed by atoms with Gasteiger partial charge in [-0.1, -0.05) is 12.8 Å². The first-order chi connectivity index (χ1) is 7.25. The van der Waals surface area contributed by atoms with Gasteiger partial charge >= 0.3 is 0 Å². The quantitative estimate of drug-likeness (QED) is 0.737. The maximum absolute atomic E-state index is 11.6. The highest BCUT2D eigenvalue weighted by Crippen LogP contribution is 2.27. The molecule has 2 saturated carbocycles. The fraction of sp³-hybridized carbons (Fsp3) is 0.917. The highest BCUT2D eigenvalue weighted by atomic mass is 16.1. The summed E-state index contributed by atoms with van der Waals surface area (Å²) in [6.45, 7) is 0.890. The number of amides is 1. The van der Waals surface area contributed by atoms with Gasteiger partial charge in [0.15, 0.2) is 0 Å². The van der Waals surface area contributed by atoms with E-state index in [2.05, 4.69) is 5.32 Å². The average molecular weight is 210 g/mol. The molecule has 15 heavy (non-hydrogen) atoms. The van der Waals surface area contributed by atoms with E-state index in [1.54, 1.807) is 0 Å². The SMILES string of the molecule is N[C@@H]1CCC[C@H]1CC(=O)NCC1CCC1. The van der Waals surface area contributed by atoms with Gasteiger partial charge in [-0.05, 0) is 37.5 Å². The molecular formula is C12H22N2O. The van der Waals surface area contributed by atoms with E-state index in [4.69, 9.17) is 5.73 Å². The van der Waals surface area contributed by atoms with Crippen LogP contribution in [0.2, 0.25) is 0 Å². The molecule has 0 radical (unpaired) electrons. The van der Waals surface area contributed by atoms with E-state index in [1.807, 2.05) is 0 Å². The van der Waals surface area contributed by atoms with Gasteiger partial charge in [0.2, 0.25) is 5.91 Å². The number of nitrogens with two attached hydrogens (primary N) is 1. The fourth-order valence-corrected chi connectivity index (χ4v) is 2.58. The molecule has 3 heteroatoms. The predicted octanol–water partition coefficient (Wildman–Crippen LogP) is 1.42. The lowest BCUT2D eigenvalue weighted by Gasteiger charge is -2.25. The van der Waals surface area contributed by atoms with Crippen molar-refractivity contribution in [3.05, 3.63) is 0 Å². The van der Waals surface area contributed by atoms with Crippen LogP contribution < -0.4 is 11.1 Å². The van der Waals surface area contributed by atoms with Gasteiger partial charge in [-0.25, -0.2) is 0 Å². The summed E-state index contributed by atoms with van der Waals surface area (Å²) >= 11 is 0. The Balaban J connectivity index is 1.62. The number of carbonyl (C=O) groups excluding carboxylic acids is 1. The monoisotopic (exact) mass is 210 g/mol. The first-order valence-electron chi connectivity index (χ1n) is 6.28. The van der Waals surface area contributed by atoms with Crippen LogP contribution >= 0.6 is 0 Å². The lowest BCUT2D eigenvalue weighted by Crippen LogP contribution is -2.35. The van der Waals surface area contributed by atoms with Crippen molar-refractivity contribution in [2.24, 2.45) is 17.6 Å². The van der Waals surface area contributed by atoms with Crippen molar-refractivity contribution in [1.29, 1.82) is 0 Å². The molecule has 0 aromatic heterocycles. The minimum Gasteiger partial charge on any atom is -0.356 e. The van der Waals surface area contributed by atoms with E-state index in [9.17, 15) is 4.79 Å². The summed E-state index contributed by atoms with van der Waals surface area (Å²) in [7, 11) is 0. The van der Waals surface area contributed by atoms with Gasteiger partial charge in [0.1, 0.15) is 0 Å². The normalized spacial score (nSPS) is 31.3. The third kappa shape index (κ3) is 2.94. The van der Waals surface area contributed by atoms with Gasteiger partial charge in [0, 0.05) is 19.0 Å². The molecule has 0 unspecified atom stereocenters. The molecule has 3 N–H and O–H groups in total. The zero-order valence-corrected chi connectivity index (χ0v) is 9.37. The van der Waals surface area contributed by atoms with Crippen molar-refractivity contribution in [2.75, 3.05) is 6.54 Å². The van der Waals surface area contributed by atoms with Gasteiger partial charge in [-0.2, -0.15) is 0 Å². The van der Waals surface area contributed by atoms with Crippen LogP contribution in [0.15, 0.2) is 0 Å². The Morgan fingerprint density at radius 1 is 1.20 bits per heavy atom. The Morgan fingerprint density at radius 2 is 1.93 bits per heavy atom. The summed E-state index contributed by atoms with van der Waals surface area (Å²) in [5.41, 5.74) is 5.94. The molecule has 0 aromatic rings. The van der Waals surface area contributed by atoms with Gasteiger partial charge in [-0.15, -0.1) is 0 Å². The fourth-order valence-electron chi connectivity index (χ4n) is 2.58. The lowest BCUT2D eigenvalue weighted by molar-refractivity contribution is -0.122. The number of hydrogen-bond acceptors (Lipinski definition) is 2. The molecule has 0 heterocycles. The van der Waals surface area contributed by atoms with Crippen molar-refractivity contribution in [3.63, 3.8) is 0 Å². The Hall–Kier alpha value is -0.570. The highest BCUT2D eigenvalue weighted by Gasteiger charge is 2.26. The molecule has 2 fully saturated rings. The maximum atomic E-state index is 11.6. The molecular weight excluding hydrogens is 188 g/mol. The second kappa shape index (κ2) is 4.97. The van der Waals surface area contributed by atoms with Crippen LogP contribution in [0.4, 0.5) is 0 Å².